The molecule has 0 unspecified atom stereocenters. The van der Waals surface area contributed by atoms with E-state index >= 15 is 0 Å². The van der Waals surface area contributed by atoms with Gasteiger partial charge in [0.2, 0.25) is 0 Å². The summed E-state index contributed by atoms with van der Waals surface area (Å²) >= 11 is 0. The molecule has 376 valence electrons. The van der Waals surface area contributed by atoms with Crippen LogP contribution in [-0.4, -0.2) is 6.71 Å². The molecule has 3 heterocycles. The quantitative estimate of drug-likeness (QED) is 0.165. The molecule has 0 saturated heterocycles. The second kappa shape index (κ2) is 14.3. The average Bonchev–Trinajstić information content (AvgIpc) is 3.70. The second-order valence-corrected chi connectivity index (χ2v) is 28.9. The van der Waals surface area contributed by atoms with Crippen LogP contribution in [0.2, 0.25) is 0 Å². The molecule has 1 aromatic heterocycles. The Morgan fingerprint density at radius 3 is 1.39 bits per heavy atom. The van der Waals surface area contributed by atoms with Crippen LogP contribution in [0.15, 0.2) is 107 Å². The van der Waals surface area contributed by atoms with Gasteiger partial charge in [0, 0.05) is 33.8 Å². The topological polar surface area (TPSA) is 19.6 Å². The molecular formula is C70H77BN2O. The molecule has 3 nitrogen and oxygen atoms in total. The molecular weight excluding hydrogens is 896 g/mol. The van der Waals surface area contributed by atoms with Crippen molar-refractivity contribution in [2.45, 2.75) is 203 Å². The van der Waals surface area contributed by atoms with Crippen molar-refractivity contribution < 1.29 is 11.3 Å². The zero-order valence-electron chi connectivity index (χ0n) is 51.3. The molecule has 74 heavy (non-hydrogen) atoms. The van der Waals surface area contributed by atoms with Crippen molar-refractivity contribution in [3.8, 4) is 11.1 Å². The van der Waals surface area contributed by atoms with Crippen molar-refractivity contribution in [1.82, 2.24) is 0 Å². The van der Waals surface area contributed by atoms with Crippen LogP contribution in [0.3, 0.4) is 0 Å². The van der Waals surface area contributed by atoms with Crippen molar-refractivity contribution in [2.75, 3.05) is 9.80 Å². The number of benzene rings is 6. The van der Waals surface area contributed by atoms with Gasteiger partial charge in [-0.05, 0) is 242 Å². The normalized spacial score (nSPS) is 29.4. The van der Waals surface area contributed by atoms with Gasteiger partial charge in [0.15, 0.2) is 0 Å². The van der Waals surface area contributed by atoms with Gasteiger partial charge >= 0.3 is 0 Å². The molecule has 0 radical (unpaired) electrons. The zero-order valence-corrected chi connectivity index (χ0v) is 46.3. The summed E-state index contributed by atoms with van der Waals surface area (Å²) in [5.41, 5.74) is 22.7. The number of anilines is 6. The van der Waals surface area contributed by atoms with Gasteiger partial charge in [-0.2, -0.15) is 0 Å². The van der Waals surface area contributed by atoms with Gasteiger partial charge in [0.25, 0.3) is 6.71 Å². The fourth-order valence-electron chi connectivity index (χ4n) is 16.9. The number of nitrogens with zero attached hydrogens (tertiary/aromatic N) is 2. The number of furan rings is 1. The molecule has 2 saturated carbocycles. The highest BCUT2D eigenvalue weighted by atomic mass is 16.3. The van der Waals surface area contributed by atoms with E-state index in [4.69, 9.17) is 8.53 Å². The number of hydrogen-bond donors (Lipinski definition) is 0. The first kappa shape index (κ1) is 40.8. The largest absolute Gasteiger partial charge is 0.468 e. The van der Waals surface area contributed by atoms with Crippen molar-refractivity contribution in [3.63, 3.8) is 0 Å². The predicted octanol–water partition coefficient (Wildman–Crippen LogP) is 17.1. The minimum Gasteiger partial charge on any atom is -0.468 e. The highest BCUT2D eigenvalue weighted by Gasteiger charge is 2.54. The first-order valence-corrected chi connectivity index (χ1v) is 28.5. The van der Waals surface area contributed by atoms with E-state index in [1.165, 1.54) is 88.5 Å². The second-order valence-electron chi connectivity index (χ2n) is 28.9. The number of fused-ring (bicyclic) bond motifs is 12. The van der Waals surface area contributed by atoms with Crippen molar-refractivity contribution in [1.29, 1.82) is 0 Å². The van der Waals surface area contributed by atoms with Gasteiger partial charge in [-0.1, -0.05) is 131 Å². The van der Waals surface area contributed by atoms with E-state index in [9.17, 15) is 2.74 Å². The molecule has 2 fully saturated rings. The van der Waals surface area contributed by atoms with E-state index in [0.29, 0.717) is 5.56 Å². The van der Waals surface area contributed by atoms with Crippen LogP contribution >= 0.6 is 0 Å². The van der Waals surface area contributed by atoms with Crippen LogP contribution in [0.1, 0.15) is 211 Å². The lowest BCUT2D eigenvalue weighted by Gasteiger charge is -2.53. The van der Waals surface area contributed by atoms with E-state index < -0.39 is 0 Å². The van der Waals surface area contributed by atoms with E-state index in [1.54, 1.807) is 0 Å². The van der Waals surface area contributed by atoms with Crippen LogP contribution in [0, 0.1) is 0 Å². The smallest absolute Gasteiger partial charge is 0.297 e. The van der Waals surface area contributed by atoms with Crippen LogP contribution in [-0.2, 0) is 43.3 Å². The summed E-state index contributed by atoms with van der Waals surface area (Å²) in [6.07, 6.45) is 13.7. The molecule has 8 aliphatic carbocycles. The first-order chi connectivity index (χ1) is 37.1. The molecule has 0 atom stereocenters. The van der Waals surface area contributed by atoms with Gasteiger partial charge in [0.05, 0.1) is 18.2 Å². The molecule has 17 rings (SSSR count). The first-order valence-electron chi connectivity index (χ1n) is 31.0. The summed E-state index contributed by atoms with van der Waals surface area (Å²) in [4.78, 5) is 5.02. The Hall–Kier alpha value is -5.48. The summed E-state index contributed by atoms with van der Waals surface area (Å²) in [6.45, 7) is 28.9. The van der Waals surface area contributed by atoms with Crippen molar-refractivity contribution >= 4 is 68.4 Å². The minimum atomic E-state index is -0.384. The molecule has 7 aromatic rings. The summed E-state index contributed by atoms with van der Waals surface area (Å²) in [7, 11) is 0. The Kier molecular flexibility index (Phi) is 7.89. The number of hydrogen-bond acceptors (Lipinski definition) is 3. The van der Waals surface area contributed by atoms with Crippen molar-refractivity contribution in [3.05, 3.63) is 148 Å². The van der Waals surface area contributed by atoms with Crippen LogP contribution in [0.5, 0.6) is 0 Å². The average molecular weight is 978 g/mol. The molecule has 0 amide bonds. The van der Waals surface area contributed by atoms with Gasteiger partial charge in [-0.15, -0.1) is 0 Å². The van der Waals surface area contributed by atoms with Gasteiger partial charge in [-0.3, -0.25) is 0 Å². The van der Waals surface area contributed by atoms with Crippen LogP contribution in [0.4, 0.5) is 34.1 Å². The third-order valence-corrected chi connectivity index (χ3v) is 22.4. The molecule has 2 aliphatic heterocycles. The zero-order chi connectivity index (χ0) is 55.4. The third kappa shape index (κ3) is 5.98. The molecule has 0 N–H and O–H groups in total. The minimum absolute atomic E-state index is 0.00302. The highest BCUT2D eigenvalue weighted by molar-refractivity contribution is 7.00. The maximum absolute atomic E-state index is 9.65. The monoisotopic (exact) mass is 978 g/mol. The Morgan fingerprint density at radius 1 is 0.419 bits per heavy atom. The highest BCUT2D eigenvalue weighted by Crippen LogP contribution is 2.61. The van der Waals surface area contributed by atoms with E-state index in [0.717, 1.165) is 94.7 Å². The van der Waals surface area contributed by atoms with Crippen molar-refractivity contribution in [2.24, 2.45) is 0 Å². The molecule has 4 heteroatoms. The van der Waals surface area contributed by atoms with E-state index in [1.807, 2.05) is 0 Å². The lowest BCUT2D eigenvalue weighted by atomic mass is 9.34. The number of rotatable bonds is 3. The lowest BCUT2D eigenvalue weighted by molar-refractivity contribution is 0.188. The molecule has 6 aromatic carbocycles. The molecule has 0 spiro atoms. The van der Waals surface area contributed by atoms with Crippen LogP contribution < -0.4 is 26.4 Å². The predicted molar refractivity (Wildman–Crippen MR) is 313 cm³/mol. The Bertz CT molecular complexity index is 3890. The molecule has 4 bridgehead atoms. The summed E-state index contributed by atoms with van der Waals surface area (Å²) < 4.78 is 54.1. The fraction of sp³-hybridized carbons (Fsp3) is 0.457. The summed E-state index contributed by atoms with van der Waals surface area (Å²) in [5.74, 6) is 0. The van der Waals surface area contributed by atoms with Gasteiger partial charge < -0.3 is 14.2 Å². The standard InChI is InChI=1S/C70H77BN2O/c1-63(2)22-24-65(5,6)49-36-44(18-20-47(49)63)72-56-40-53-52(68(10)28-30-69(53,11)31-29-68)39-55(56)71-60-57(72)34-43(42-16-14-13-15-17-42)35-58(60)73(45-19-21-48-50(37-45)66(7,8)25-23-64(48,3)4)61-46-38-51-54(41-59(46)74-62(61)71)70(12)32-26-67(51,9)27-33-70/h13-21,34-41H,22-33H2,1-12H3/i13D,14D,15D,16D,17D. The van der Waals surface area contributed by atoms with E-state index in [2.05, 4.69) is 166 Å². The Labute approximate surface area is 449 Å². The SMILES string of the molecule is [2H]c1c([2H])c([2H])c(-c2cc3c4c(c2)N(c2ccc5c(c2)C(C)(C)CCC5(C)C)c2c(oc5cc6c(cc25)C2(C)CCC6(C)CC2)B4c2cc4c(cc2N3c2ccc3c(c2)C(C)(C)CCC3(C)C)C2(C)CCC4(C)CC2)c([2H])c1[2H]. The summed E-state index contributed by atoms with van der Waals surface area (Å²) in [5, 5.41) is 1.11. The lowest BCUT2D eigenvalue weighted by Crippen LogP contribution is -2.61. The van der Waals surface area contributed by atoms with Gasteiger partial charge in [-0.25, -0.2) is 0 Å². The van der Waals surface area contributed by atoms with Gasteiger partial charge in [0.1, 0.15) is 5.58 Å². The maximum Gasteiger partial charge on any atom is 0.297 e. The van der Waals surface area contributed by atoms with E-state index in [-0.39, 0.29) is 85.8 Å². The summed E-state index contributed by atoms with van der Waals surface area (Å²) in [6, 6.07) is 27.6. The Balaban J connectivity index is 1.12. The Morgan fingerprint density at radius 2 is 0.865 bits per heavy atom. The third-order valence-electron chi connectivity index (χ3n) is 22.4. The maximum atomic E-state index is 9.65. The fourth-order valence-corrected chi connectivity index (χ4v) is 16.9. The molecule has 10 aliphatic rings. The van der Waals surface area contributed by atoms with Crippen LogP contribution in [0.25, 0.3) is 22.1 Å².